The topological polar surface area (TPSA) is 75.7 Å². The van der Waals surface area contributed by atoms with Crippen molar-refractivity contribution in [1.29, 1.82) is 0 Å². The van der Waals surface area contributed by atoms with E-state index in [1.54, 1.807) is 30.0 Å². The highest BCUT2D eigenvalue weighted by Gasteiger charge is 2.32. The molecule has 1 heterocycles. The van der Waals surface area contributed by atoms with Crippen LogP contribution in [0.2, 0.25) is 0 Å². The quantitative estimate of drug-likeness (QED) is 0.617. The van der Waals surface area contributed by atoms with Crippen LogP contribution in [0.4, 0.5) is 0 Å². The summed E-state index contributed by atoms with van der Waals surface area (Å²) in [6.45, 7) is 2.64. The van der Waals surface area contributed by atoms with E-state index in [0.29, 0.717) is 31.2 Å². The van der Waals surface area contributed by atoms with Gasteiger partial charge in [-0.1, -0.05) is 12.1 Å². The first-order chi connectivity index (χ1) is 13.1. The molecule has 1 N–H and O–H groups in total. The first kappa shape index (κ1) is 19.1. The van der Waals surface area contributed by atoms with E-state index in [1.807, 2.05) is 12.1 Å². The Kier molecular flexibility index (Phi) is 6.27. The number of hydrogen-bond acceptors (Lipinski definition) is 4. The summed E-state index contributed by atoms with van der Waals surface area (Å²) in [5, 5.41) is 2.95. The zero-order chi connectivity index (χ0) is 19.2. The number of benzene rings is 1. The zero-order valence-electron chi connectivity index (χ0n) is 15.6. The molecule has 0 bridgehead atoms. The maximum absolute atomic E-state index is 12.6. The monoisotopic (exact) mass is 370 g/mol. The predicted octanol–water partition coefficient (Wildman–Crippen LogP) is 2.54. The molecule has 1 saturated heterocycles. The second kappa shape index (κ2) is 8.84. The molecule has 2 fully saturated rings. The average molecular weight is 370 g/mol. The maximum Gasteiger partial charge on any atom is 0.328 e. The van der Waals surface area contributed by atoms with E-state index in [4.69, 9.17) is 4.74 Å². The van der Waals surface area contributed by atoms with Crippen molar-refractivity contribution in [3.8, 4) is 0 Å². The molecule has 0 spiro atoms. The van der Waals surface area contributed by atoms with E-state index >= 15 is 0 Å². The van der Waals surface area contributed by atoms with Gasteiger partial charge in [0, 0.05) is 24.2 Å². The molecule has 2 aliphatic rings. The third-order valence-electron chi connectivity index (χ3n) is 4.85. The summed E-state index contributed by atoms with van der Waals surface area (Å²) in [5.41, 5.74) is 1.44. The molecule has 6 heteroatoms. The summed E-state index contributed by atoms with van der Waals surface area (Å²) in [7, 11) is 0. The van der Waals surface area contributed by atoms with Crippen molar-refractivity contribution in [1.82, 2.24) is 10.2 Å². The van der Waals surface area contributed by atoms with Crippen LogP contribution < -0.4 is 5.32 Å². The van der Waals surface area contributed by atoms with Gasteiger partial charge in [0.05, 0.1) is 6.61 Å². The number of rotatable bonds is 6. The Balaban J connectivity index is 1.60. The lowest BCUT2D eigenvalue weighted by Crippen LogP contribution is -2.48. The summed E-state index contributed by atoms with van der Waals surface area (Å²) in [5.74, 6) is -0.581. The van der Waals surface area contributed by atoms with E-state index < -0.39 is 6.04 Å². The second-order valence-corrected chi connectivity index (χ2v) is 7.00. The van der Waals surface area contributed by atoms with Crippen LogP contribution in [0.3, 0.4) is 0 Å². The first-order valence-corrected chi connectivity index (χ1v) is 9.64. The molecular weight excluding hydrogens is 344 g/mol. The molecule has 0 radical (unpaired) electrons. The number of ether oxygens (including phenoxy) is 1. The molecule has 1 unspecified atom stereocenters. The lowest BCUT2D eigenvalue weighted by Gasteiger charge is -2.33. The average Bonchev–Trinajstić information content (AvgIpc) is 3.50. The molecule has 1 aliphatic carbocycles. The smallest absolute Gasteiger partial charge is 0.328 e. The van der Waals surface area contributed by atoms with E-state index in [1.165, 1.54) is 6.08 Å². The first-order valence-electron chi connectivity index (χ1n) is 9.64. The summed E-state index contributed by atoms with van der Waals surface area (Å²) < 4.78 is 5.10. The minimum absolute atomic E-state index is 0.0605. The fourth-order valence-corrected chi connectivity index (χ4v) is 3.18. The number of amides is 2. The van der Waals surface area contributed by atoms with Gasteiger partial charge in [-0.25, -0.2) is 4.79 Å². The van der Waals surface area contributed by atoms with Crippen LogP contribution in [0.25, 0.3) is 6.08 Å². The van der Waals surface area contributed by atoms with Crippen LogP contribution in [-0.4, -0.2) is 47.9 Å². The summed E-state index contributed by atoms with van der Waals surface area (Å²) in [4.78, 5) is 38.2. The van der Waals surface area contributed by atoms with Crippen LogP contribution in [0.15, 0.2) is 30.3 Å². The van der Waals surface area contributed by atoms with Gasteiger partial charge in [0.25, 0.3) is 5.91 Å². The maximum atomic E-state index is 12.6. The van der Waals surface area contributed by atoms with Crippen LogP contribution in [0.5, 0.6) is 0 Å². The van der Waals surface area contributed by atoms with Crippen molar-refractivity contribution < 1.29 is 19.1 Å². The third-order valence-corrected chi connectivity index (χ3v) is 4.85. The number of piperidine rings is 1. The Labute approximate surface area is 159 Å². The molecule has 0 aromatic heterocycles. The highest BCUT2D eigenvalue weighted by Crippen LogP contribution is 2.20. The Morgan fingerprint density at radius 2 is 1.89 bits per heavy atom. The van der Waals surface area contributed by atoms with Gasteiger partial charge in [0.1, 0.15) is 6.04 Å². The van der Waals surface area contributed by atoms with Crippen molar-refractivity contribution in [3.63, 3.8) is 0 Å². The minimum atomic E-state index is -0.496. The van der Waals surface area contributed by atoms with Crippen LogP contribution in [-0.2, 0) is 14.3 Å². The Morgan fingerprint density at radius 3 is 2.56 bits per heavy atom. The van der Waals surface area contributed by atoms with Crippen molar-refractivity contribution in [2.45, 2.75) is 51.1 Å². The van der Waals surface area contributed by atoms with Crippen molar-refractivity contribution in [3.05, 3.63) is 41.5 Å². The molecule has 1 aliphatic heterocycles. The second-order valence-electron chi connectivity index (χ2n) is 7.00. The van der Waals surface area contributed by atoms with Gasteiger partial charge >= 0.3 is 5.97 Å². The number of likely N-dealkylation sites (tertiary alicyclic amines) is 1. The molecule has 2 amide bonds. The standard InChI is InChI=1S/C21H26N2O4/c1-2-27-21(26)18-5-3-4-14-23(18)19(24)13-8-15-6-9-16(10-7-15)20(25)22-17-11-12-17/h6-10,13,17-18H,2-5,11-12,14H2,1H3,(H,22,25)/b13-8+. The van der Waals surface area contributed by atoms with E-state index in [9.17, 15) is 14.4 Å². The van der Waals surface area contributed by atoms with Crippen molar-refractivity contribution >= 4 is 23.9 Å². The van der Waals surface area contributed by atoms with E-state index in [0.717, 1.165) is 31.2 Å². The van der Waals surface area contributed by atoms with Gasteiger partial charge in [-0.2, -0.15) is 0 Å². The number of nitrogens with zero attached hydrogens (tertiary/aromatic N) is 1. The number of hydrogen-bond donors (Lipinski definition) is 1. The van der Waals surface area contributed by atoms with Crippen molar-refractivity contribution in [2.75, 3.05) is 13.2 Å². The molecule has 6 nitrogen and oxygen atoms in total. The molecule has 1 aromatic carbocycles. The lowest BCUT2D eigenvalue weighted by molar-refractivity contribution is -0.155. The van der Waals surface area contributed by atoms with Crippen molar-refractivity contribution in [2.24, 2.45) is 0 Å². The fourth-order valence-electron chi connectivity index (χ4n) is 3.18. The Bertz CT molecular complexity index is 722. The van der Waals surface area contributed by atoms with Gasteiger partial charge in [-0.15, -0.1) is 0 Å². The minimum Gasteiger partial charge on any atom is -0.464 e. The molecule has 1 atom stereocenters. The van der Waals surface area contributed by atoms with Gasteiger partial charge in [-0.3, -0.25) is 9.59 Å². The Hall–Kier alpha value is -2.63. The highest BCUT2D eigenvalue weighted by atomic mass is 16.5. The molecular formula is C21H26N2O4. The normalized spacial score (nSPS) is 19.7. The number of esters is 1. The molecule has 3 rings (SSSR count). The summed E-state index contributed by atoms with van der Waals surface area (Å²) in [6.07, 6.45) is 7.75. The Morgan fingerprint density at radius 1 is 1.15 bits per heavy atom. The van der Waals surface area contributed by atoms with Crippen LogP contribution in [0.1, 0.15) is 54.9 Å². The third kappa shape index (κ3) is 5.18. The zero-order valence-corrected chi connectivity index (χ0v) is 15.6. The van der Waals surface area contributed by atoms with Gasteiger partial charge in [0.2, 0.25) is 5.91 Å². The van der Waals surface area contributed by atoms with Gasteiger partial charge in [-0.05, 0) is 62.8 Å². The molecule has 27 heavy (non-hydrogen) atoms. The number of carbonyl (C=O) groups excluding carboxylic acids is 3. The summed E-state index contributed by atoms with van der Waals surface area (Å²) >= 11 is 0. The van der Waals surface area contributed by atoms with E-state index in [-0.39, 0.29) is 17.8 Å². The predicted molar refractivity (Wildman–Crippen MR) is 102 cm³/mol. The number of nitrogens with one attached hydrogen (secondary N) is 1. The van der Waals surface area contributed by atoms with E-state index in [2.05, 4.69) is 5.32 Å². The molecule has 1 saturated carbocycles. The van der Waals surface area contributed by atoms with Crippen LogP contribution in [0, 0.1) is 0 Å². The summed E-state index contributed by atoms with van der Waals surface area (Å²) in [6, 6.07) is 6.96. The fraction of sp³-hybridized carbons (Fsp3) is 0.476. The van der Waals surface area contributed by atoms with Gasteiger partial charge < -0.3 is 15.0 Å². The lowest BCUT2D eigenvalue weighted by atomic mass is 10.0. The molecule has 144 valence electrons. The SMILES string of the molecule is CCOC(=O)C1CCCCN1C(=O)/C=C/c1ccc(C(=O)NC2CC2)cc1. The highest BCUT2D eigenvalue weighted by molar-refractivity contribution is 5.96. The van der Waals surface area contributed by atoms with Crippen LogP contribution >= 0.6 is 0 Å². The number of carbonyl (C=O) groups is 3. The molecule has 1 aromatic rings. The van der Waals surface area contributed by atoms with Gasteiger partial charge in [0.15, 0.2) is 0 Å². The largest absolute Gasteiger partial charge is 0.464 e.